The van der Waals surface area contributed by atoms with E-state index in [1.54, 1.807) is 6.92 Å². The summed E-state index contributed by atoms with van der Waals surface area (Å²) < 4.78 is 167. The molecule has 0 fully saturated rings. The molecule has 0 aliphatic heterocycles. The normalized spacial score (nSPS) is 13.7. The Morgan fingerprint density at radius 3 is 1.60 bits per heavy atom. The summed E-state index contributed by atoms with van der Waals surface area (Å²) >= 11 is 0. The van der Waals surface area contributed by atoms with E-state index in [1.807, 2.05) is 6.07 Å². The van der Waals surface area contributed by atoms with Crippen molar-refractivity contribution < 1.29 is 74.8 Å². The highest BCUT2D eigenvalue weighted by Crippen LogP contribution is 2.47. The molecule has 0 radical (unpaired) electrons. The minimum absolute atomic E-state index is 0.298. The van der Waals surface area contributed by atoms with Crippen molar-refractivity contribution in [3.05, 3.63) is 52.2 Å². The maximum atomic E-state index is 12.3. The van der Waals surface area contributed by atoms with Gasteiger partial charge in [0.2, 0.25) is 0 Å². The molecule has 0 heterocycles. The molecule has 0 atom stereocenters. The van der Waals surface area contributed by atoms with Gasteiger partial charge in [0, 0.05) is 17.6 Å². The number of hydrogen-bond donors (Lipinski definition) is 0. The molecule has 40 heavy (non-hydrogen) atoms. The zero-order valence-corrected chi connectivity index (χ0v) is 22.5. The molecule has 0 spiro atoms. The molecule has 0 unspecified atom stereocenters. The Morgan fingerprint density at radius 2 is 1.25 bits per heavy atom. The summed E-state index contributed by atoms with van der Waals surface area (Å²) in [6, 6.07) is 10.4. The highest BCUT2D eigenvalue weighted by molar-refractivity contribution is 8.13. The second-order valence-electron chi connectivity index (χ2n) is 8.63. The van der Waals surface area contributed by atoms with Crippen molar-refractivity contribution in [3.8, 4) is 0 Å². The first-order valence-electron chi connectivity index (χ1n) is 10.4. The molecule has 1 aromatic carbocycles. The summed E-state index contributed by atoms with van der Waals surface area (Å²) in [6.07, 6.45) is -13.1. The van der Waals surface area contributed by atoms with Crippen molar-refractivity contribution in [1.82, 2.24) is 0 Å². The van der Waals surface area contributed by atoms with Gasteiger partial charge >= 0.3 is 28.8 Å². The van der Waals surface area contributed by atoms with Crippen LogP contribution < -0.4 is 0 Å². The van der Waals surface area contributed by atoms with E-state index >= 15 is 0 Å². The standard InChI is InChI=1S/C16H24NO2.C4F10NO4S2/c1-14(2)16(18)19-12-8-11-17(3,4)13-15-9-6-5-7-10-15;5-1(6,7)3(11,12)20(16,17)15-21(18,19)4(13,14)2(8,9)10/h5-7,9-10H,1,8,11-13H2,2-4H3;/q+1;-1. The van der Waals surface area contributed by atoms with Crippen LogP contribution in [0, 0.1) is 0 Å². The molecular weight excluding hydrogens is 618 g/mol. The monoisotopic (exact) mass is 642 g/mol. The number of benzene rings is 1. The van der Waals surface area contributed by atoms with Gasteiger partial charge in [-0.25, -0.2) is 21.6 Å². The quantitative estimate of drug-likeness (QED) is 0.109. The van der Waals surface area contributed by atoms with Crippen LogP contribution in [0.25, 0.3) is 4.13 Å². The maximum absolute atomic E-state index is 12.3. The fourth-order valence-corrected chi connectivity index (χ4v) is 4.82. The molecule has 0 saturated heterocycles. The first kappa shape index (κ1) is 37.6. The van der Waals surface area contributed by atoms with Crippen LogP contribution in [-0.2, 0) is 36.1 Å². The molecule has 0 amide bonds. The van der Waals surface area contributed by atoms with Crippen molar-refractivity contribution >= 4 is 26.0 Å². The summed E-state index contributed by atoms with van der Waals surface area (Å²) in [5.41, 5.74) is 1.78. The van der Waals surface area contributed by atoms with E-state index in [4.69, 9.17) is 4.74 Å². The number of sulfonamides is 2. The molecule has 0 aliphatic rings. The van der Waals surface area contributed by atoms with Crippen molar-refractivity contribution in [2.45, 2.75) is 42.8 Å². The van der Waals surface area contributed by atoms with Gasteiger partial charge in [-0.05, 0) is 6.92 Å². The Bertz CT molecular complexity index is 1180. The van der Waals surface area contributed by atoms with Crippen molar-refractivity contribution in [2.24, 2.45) is 0 Å². The first-order chi connectivity index (χ1) is 17.6. The van der Waals surface area contributed by atoms with Gasteiger partial charge in [0.05, 0.1) is 27.2 Å². The van der Waals surface area contributed by atoms with Gasteiger partial charge in [0.15, 0.2) is 20.0 Å². The minimum atomic E-state index is -7.62. The molecular formula is C20H24F10N2O6S2. The zero-order valence-electron chi connectivity index (χ0n) is 20.9. The van der Waals surface area contributed by atoms with Crippen LogP contribution >= 0.6 is 0 Å². The summed E-state index contributed by atoms with van der Waals surface area (Å²) in [4.78, 5) is 11.2. The molecule has 0 N–H and O–H groups in total. The highest BCUT2D eigenvalue weighted by atomic mass is 32.3. The number of carbonyl (C=O) groups is 1. The fraction of sp³-hybridized carbons (Fsp3) is 0.550. The molecule has 20 heteroatoms. The van der Waals surface area contributed by atoms with Gasteiger partial charge in [0.1, 0.15) is 6.54 Å². The maximum Gasteiger partial charge on any atom is 0.467 e. The number of quaternary nitrogens is 1. The largest absolute Gasteiger partial charge is 0.467 e. The molecule has 0 bridgehead atoms. The van der Waals surface area contributed by atoms with E-state index in [-0.39, 0.29) is 5.97 Å². The predicted molar refractivity (Wildman–Crippen MR) is 121 cm³/mol. The predicted octanol–water partition coefficient (Wildman–Crippen LogP) is 5.10. The lowest BCUT2D eigenvalue weighted by atomic mass is 10.2. The van der Waals surface area contributed by atoms with E-state index in [0.29, 0.717) is 16.3 Å². The molecule has 8 nitrogen and oxygen atoms in total. The zero-order chi connectivity index (χ0) is 32.0. The van der Waals surface area contributed by atoms with E-state index in [1.165, 1.54) is 5.56 Å². The number of rotatable bonds is 11. The average Bonchev–Trinajstić information content (AvgIpc) is 2.74. The summed E-state index contributed by atoms with van der Waals surface area (Å²) in [6.45, 7) is 7.64. The van der Waals surface area contributed by atoms with Gasteiger partial charge in [0.25, 0.3) is 0 Å². The highest BCUT2D eigenvalue weighted by Gasteiger charge is 2.68. The van der Waals surface area contributed by atoms with E-state index < -0.39 is 42.9 Å². The van der Waals surface area contributed by atoms with Crippen LogP contribution in [0.15, 0.2) is 42.5 Å². The SMILES string of the molecule is C=C(C)C(=O)OCCC[N+](C)(C)Cc1ccccc1.O=S(=O)([N-]S(=O)(=O)C(F)(F)C(F)(F)F)C(F)(F)C(F)(F)F. The topological polar surface area (TPSA) is 109 Å². The van der Waals surface area contributed by atoms with Crippen LogP contribution in [-0.4, -0.2) is 77.4 Å². The Hall–Kier alpha value is -2.45. The van der Waals surface area contributed by atoms with Crippen molar-refractivity contribution in [2.75, 3.05) is 27.2 Å². The fourth-order valence-electron chi connectivity index (χ4n) is 2.45. The number of hydrogen-bond acceptors (Lipinski definition) is 6. The lowest BCUT2D eigenvalue weighted by molar-refractivity contribution is -0.903. The molecule has 232 valence electrons. The summed E-state index contributed by atoms with van der Waals surface area (Å²) in [7, 11) is -10.9. The van der Waals surface area contributed by atoms with Crippen LogP contribution in [0.2, 0.25) is 0 Å². The first-order valence-corrected chi connectivity index (χ1v) is 13.3. The van der Waals surface area contributed by atoms with Gasteiger partial charge in [-0.15, -0.1) is 0 Å². The third-order valence-electron chi connectivity index (χ3n) is 4.45. The van der Waals surface area contributed by atoms with Gasteiger partial charge in [-0.1, -0.05) is 36.9 Å². The van der Waals surface area contributed by atoms with Crippen molar-refractivity contribution in [3.63, 3.8) is 0 Å². The molecule has 1 aromatic rings. The molecule has 0 saturated carbocycles. The van der Waals surface area contributed by atoms with Gasteiger partial charge in [-0.3, -0.25) is 0 Å². The Kier molecular flexibility index (Phi) is 12.2. The third-order valence-corrected chi connectivity index (χ3v) is 7.78. The lowest BCUT2D eigenvalue weighted by Gasteiger charge is -2.31. The second-order valence-corrected chi connectivity index (χ2v) is 12.1. The van der Waals surface area contributed by atoms with Gasteiger partial charge < -0.3 is 13.3 Å². The number of carbonyl (C=O) groups excluding carboxylic acids is 1. The molecule has 0 aromatic heterocycles. The minimum Gasteiger partial charge on any atom is -0.462 e. The average molecular weight is 643 g/mol. The van der Waals surface area contributed by atoms with Crippen LogP contribution in [0.3, 0.4) is 0 Å². The number of alkyl halides is 10. The molecule has 1 rings (SSSR count). The molecule has 0 aliphatic carbocycles. The number of esters is 1. The third kappa shape index (κ3) is 10.2. The Morgan fingerprint density at radius 1 is 0.850 bits per heavy atom. The Labute approximate surface area is 223 Å². The summed E-state index contributed by atoms with van der Waals surface area (Å²) in [5.74, 6) is -0.298. The smallest absolute Gasteiger partial charge is 0.462 e. The Balaban J connectivity index is 0.000000763. The number of ether oxygens (including phenoxy) is 1. The van der Waals surface area contributed by atoms with E-state index in [2.05, 4.69) is 44.9 Å². The second kappa shape index (κ2) is 13.0. The van der Waals surface area contributed by atoms with Crippen LogP contribution in [0.5, 0.6) is 0 Å². The van der Waals surface area contributed by atoms with E-state index in [9.17, 15) is 65.5 Å². The van der Waals surface area contributed by atoms with E-state index in [0.717, 1.165) is 24.0 Å². The number of halogens is 10. The number of nitrogens with zero attached hydrogens (tertiary/aromatic N) is 2. The van der Waals surface area contributed by atoms with Crippen LogP contribution in [0.1, 0.15) is 18.9 Å². The van der Waals surface area contributed by atoms with Crippen LogP contribution in [0.4, 0.5) is 43.9 Å². The summed E-state index contributed by atoms with van der Waals surface area (Å²) in [5, 5.41) is -14.0. The van der Waals surface area contributed by atoms with Gasteiger partial charge in [-0.2, -0.15) is 43.9 Å². The lowest BCUT2D eigenvalue weighted by Crippen LogP contribution is -2.48. The van der Waals surface area contributed by atoms with Crippen molar-refractivity contribution in [1.29, 1.82) is 0 Å².